The second kappa shape index (κ2) is 6.00. The van der Waals surface area contributed by atoms with Crippen LogP contribution in [0.2, 0.25) is 0 Å². The van der Waals surface area contributed by atoms with Crippen LogP contribution in [-0.2, 0) is 4.74 Å². The number of carbonyl (C=O) groups is 1. The minimum atomic E-state index is -0.566. The molecule has 6 heteroatoms. The predicted octanol–water partition coefficient (Wildman–Crippen LogP) is 3.01. The fraction of sp³-hybridized carbons (Fsp3) is 0.214. The number of rotatable bonds is 3. The van der Waals surface area contributed by atoms with Gasteiger partial charge in [-0.05, 0) is 31.2 Å². The van der Waals surface area contributed by atoms with E-state index >= 15 is 0 Å². The number of aryl methyl sites for hydroxylation is 1. The normalized spacial score (nSPS) is 10.2. The lowest BCUT2D eigenvalue weighted by atomic mass is 10.1. The molecule has 2 aromatic rings. The first-order valence-electron chi connectivity index (χ1n) is 5.83. The van der Waals surface area contributed by atoms with Gasteiger partial charge < -0.3 is 9.47 Å². The number of hydrogen-bond donors (Lipinski definition) is 0. The lowest BCUT2D eigenvalue weighted by Crippen LogP contribution is -2.09. The molecule has 1 aromatic heterocycles. The van der Waals surface area contributed by atoms with Gasteiger partial charge in [0.2, 0.25) is 5.82 Å². The number of carbonyl (C=O) groups excluding carboxylic acids is 1. The van der Waals surface area contributed by atoms with E-state index in [1.54, 1.807) is 20.1 Å². The fourth-order valence-electron chi connectivity index (χ4n) is 1.77. The van der Waals surface area contributed by atoms with Gasteiger partial charge in [-0.15, -0.1) is 0 Å². The highest BCUT2D eigenvalue weighted by Gasteiger charge is 2.15. The van der Waals surface area contributed by atoms with Gasteiger partial charge in [-0.1, -0.05) is 15.9 Å². The van der Waals surface area contributed by atoms with Crippen LogP contribution in [0.15, 0.2) is 28.7 Å². The van der Waals surface area contributed by atoms with Gasteiger partial charge in [0, 0.05) is 15.7 Å². The number of methoxy groups -OCH3 is 2. The Morgan fingerprint density at radius 1 is 1.20 bits per heavy atom. The summed E-state index contributed by atoms with van der Waals surface area (Å²) in [7, 11) is 2.88. The first-order chi connectivity index (χ1) is 9.55. The van der Waals surface area contributed by atoms with Gasteiger partial charge in [0.1, 0.15) is 5.75 Å². The van der Waals surface area contributed by atoms with Crippen molar-refractivity contribution < 1.29 is 14.3 Å². The molecule has 0 saturated carbocycles. The Morgan fingerprint density at radius 3 is 2.60 bits per heavy atom. The molecule has 20 heavy (non-hydrogen) atoms. The number of aromatic nitrogens is 2. The van der Waals surface area contributed by atoms with Crippen molar-refractivity contribution in [1.82, 2.24) is 9.97 Å². The van der Waals surface area contributed by atoms with Crippen LogP contribution >= 0.6 is 15.9 Å². The molecule has 1 heterocycles. The minimum Gasteiger partial charge on any atom is -0.496 e. The van der Waals surface area contributed by atoms with Gasteiger partial charge in [0.25, 0.3) is 0 Å². The molecule has 0 aliphatic carbocycles. The molecule has 2 rings (SSSR count). The molecular formula is C14H13BrN2O3. The van der Waals surface area contributed by atoms with Crippen LogP contribution < -0.4 is 4.74 Å². The molecule has 1 aromatic carbocycles. The topological polar surface area (TPSA) is 61.3 Å². The largest absolute Gasteiger partial charge is 0.496 e. The Morgan fingerprint density at radius 2 is 1.95 bits per heavy atom. The number of benzene rings is 1. The van der Waals surface area contributed by atoms with Crippen LogP contribution in [0.1, 0.15) is 16.3 Å². The third kappa shape index (κ3) is 2.96. The maximum atomic E-state index is 11.6. The number of nitrogens with zero attached hydrogens (tertiary/aromatic N) is 2. The van der Waals surface area contributed by atoms with Gasteiger partial charge in [0.05, 0.1) is 19.9 Å². The van der Waals surface area contributed by atoms with Gasteiger partial charge in [-0.25, -0.2) is 14.8 Å². The van der Waals surface area contributed by atoms with Crippen LogP contribution in [0.3, 0.4) is 0 Å². The van der Waals surface area contributed by atoms with E-state index in [2.05, 4.69) is 30.6 Å². The van der Waals surface area contributed by atoms with Crippen LogP contribution in [0.5, 0.6) is 5.75 Å². The molecule has 0 radical (unpaired) electrons. The van der Waals surface area contributed by atoms with Crippen LogP contribution in [0, 0.1) is 6.92 Å². The summed E-state index contributed by atoms with van der Waals surface area (Å²) in [5, 5.41) is 0. The SMILES string of the molecule is COC(=O)c1nc(C)cc(-c2cc(Br)ccc2OC)n1. The first-order valence-corrected chi connectivity index (χ1v) is 6.62. The van der Waals surface area contributed by atoms with Crippen LogP contribution in [0.25, 0.3) is 11.3 Å². The zero-order chi connectivity index (χ0) is 14.7. The van der Waals surface area contributed by atoms with E-state index < -0.39 is 5.97 Å². The Labute approximate surface area is 125 Å². The van der Waals surface area contributed by atoms with Crippen molar-refractivity contribution in [2.45, 2.75) is 6.92 Å². The Hall–Kier alpha value is -1.95. The summed E-state index contributed by atoms with van der Waals surface area (Å²) in [6, 6.07) is 7.37. The molecule has 0 bridgehead atoms. The maximum absolute atomic E-state index is 11.6. The quantitative estimate of drug-likeness (QED) is 0.806. The Bertz CT molecular complexity index is 659. The summed E-state index contributed by atoms with van der Waals surface area (Å²) >= 11 is 3.41. The summed E-state index contributed by atoms with van der Waals surface area (Å²) in [4.78, 5) is 19.9. The number of hydrogen-bond acceptors (Lipinski definition) is 5. The van der Waals surface area contributed by atoms with Gasteiger partial charge >= 0.3 is 5.97 Å². The number of esters is 1. The molecule has 5 nitrogen and oxygen atoms in total. The molecule has 0 spiro atoms. The molecule has 0 amide bonds. The fourth-order valence-corrected chi connectivity index (χ4v) is 2.13. The molecule has 0 N–H and O–H groups in total. The minimum absolute atomic E-state index is 0.0320. The summed E-state index contributed by atoms with van der Waals surface area (Å²) in [5.41, 5.74) is 2.06. The monoisotopic (exact) mass is 336 g/mol. The molecule has 0 atom stereocenters. The lowest BCUT2D eigenvalue weighted by molar-refractivity contribution is 0.0586. The van der Waals surface area contributed by atoms with Crippen molar-refractivity contribution in [3.63, 3.8) is 0 Å². The van der Waals surface area contributed by atoms with Crippen LogP contribution in [0.4, 0.5) is 0 Å². The van der Waals surface area contributed by atoms with Crippen molar-refractivity contribution in [2.24, 2.45) is 0 Å². The standard InChI is InChI=1S/C14H13BrN2O3/c1-8-6-11(17-13(16-8)14(18)20-3)10-7-9(15)4-5-12(10)19-2/h4-7H,1-3H3. The number of halogens is 1. The molecule has 0 saturated heterocycles. The summed E-state index contributed by atoms with van der Waals surface area (Å²) in [6.45, 7) is 1.79. The molecule has 0 aliphatic heterocycles. The predicted molar refractivity (Wildman–Crippen MR) is 77.8 cm³/mol. The second-order valence-corrected chi connectivity index (χ2v) is 4.97. The highest BCUT2D eigenvalue weighted by Crippen LogP contribution is 2.31. The molecule has 0 unspecified atom stereocenters. The van der Waals surface area contributed by atoms with Crippen molar-refractivity contribution >= 4 is 21.9 Å². The summed E-state index contributed by atoms with van der Waals surface area (Å²) < 4.78 is 10.9. The van der Waals surface area contributed by atoms with Crippen molar-refractivity contribution in [1.29, 1.82) is 0 Å². The Kier molecular flexibility index (Phi) is 4.34. The zero-order valence-electron chi connectivity index (χ0n) is 11.3. The smallest absolute Gasteiger partial charge is 0.376 e. The summed E-state index contributed by atoms with van der Waals surface area (Å²) in [6.07, 6.45) is 0. The van der Waals surface area contributed by atoms with Crippen LogP contribution in [-0.4, -0.2) is 30.2 Å². The first kappa shape index (κ1) is 14.5. The average Bonchev–Trinajstić information content (AvgIpc) is 2.45. The van der Waals surface area contributed by atoms with E-state index in [4.69, 9.17) is 4.74 Å². The van der Waals surface area contributed by atoms with Gasteiger partial charge in [-0.2, -0.15) is 0 Å². The van der Waals surface area contributed by atoms with E-state index in [1.165, 1.54) is 7.11 Å². The number of ether oxygens (including phenoxy) is 2. The summed E-state index contributed by atoms with van der Waals surface area (Å²) in [5.74, 6) is 0.135. The Balaban J connectivity index is 2.60. The molecule has 0 aliphatic rings. The van der Waals surface area contributed by atoms with Gasteiger partial charge in [0.15, 0.2) is 0 Å². The molecular weight excluding hydrogens is 324 g/mol. The van der Waals surface area contributed by atoms with E-state index in [0.717, 1.165) is 10.0 Å². The highest BCUT2D eigenvalue weighted by atomic mass is 79.9. The van der Waals surface area contributed by atoms with Crippen molar-refractivity contribution in [3.8, 4) is 17.0 Å². The zero-order valence-corrected chi connectivity index (χ0v) is 12.9. The molecule has 0 fully saturated rings. The second-order valence-electron chi connectivity index (χ2n) is 4.05. The highest BCUT2D eigenvalue weighted by molar-refractivity contribution is 9.10. The van der Waals surface area contributed by atoms with E-state index in [9.17, 15) is 4.79 Å². The van der Waals surface area contributed by atoms with E-state index in [1.807, 2.05) is 18.2 Å². The third-order valence-electron chi connectivity index (χ3n) is 2.66. The third-order valence-corrected chi connectivity index (χ3v) is 3.15. The van der Waals surface area contributed by atoms with E-state index in [-0.39, 0.29) is 5.82 Å². The average molecular weight is 337 g/mol. The lowest BCUT2D eigenvalue weighted by Gasteiger charge is -2.10. The maximum Gasteiger partial charge on any atom is 0.376 e. The van der Waals surface area contributed by atoms with Gasteiger partial charge in [-0.3, -0.25) is 0 Å². The van der Waals surface area contributed by atoms with Crippen molar-refractivity contribution in [2.75, 3.05) is 14.2 Å². The van der Waals surface area contributed by atoms with E-state index in [0.29, 0.717) is 17.1 Å². The van der Waals surface area contributed by atoms with Crippen molar-refractivity contribution in [3.05, 3.63) is 40.3 Å². The molecule has 104 valence electrons.